The number of fused-ring (bicyclic) bond motifs is 3. The van der Waals surface area contributed by atoms with E-state index in [1.165, 1.54) is 5.69 Å². The summed E-state index contributed by atoms with van der Waals surface area (Å²) in [4.78, 5) is 24.0. The molecule has 0 unspecified atom stereocenters. The van der Waals surface area contributed by atoms with E-state index in [0.29, 0.717) is 0 Å². The summed E-state index contributed by atoms with van der Waals surface area (Å²) >= 11 is 5.99. The number of piperazine rings is 1. The van der Waals surface area contributed by atoms with Gasteiger partial charge in [0.05, 0.1) is 5.69 Å². The number of carbonyl (C=O) groups is 1. The molecule has 0 bridgehead atoms. The highest BCUT2D eigenvalue weighted by Crippen LogP contribution is 2.35. The van der Waals surface area contributed by atoms with E-state index in [-0.39, 0.29) is 11.9 Å². The summed E-state index contributed by atoms with van der Waals surface area (Å²) in [5.41, 5.74) is 3.24. The van der Waals surface area contributed by atoms with E-state index in [9.17, 15) is 4.79 Å². The molecule has 146 valence electrons. The molecule has 0 radical (unpaired) electrons. The number of hydrogen-bond acceptors (Lipinski definition) is 5. The van der Waals surface area contributed by atoms with Gasteiger partial charge in [-0.15, -0.1) is 0 Å². The molecular weight excluding hydrogens is 374 g/mol. The standard InChI is InChI=1S/C21H24ClN5O/c22-16-3-5-17(6-4-16)26-10-8-25(9-11-26)14-15-12-18-20(23-13-15)27-7-1-2-19(27)21(28)24-18/h3-6,12-13,19H,1-2,7-11,14H2,(H,24,28)/t19-/m1/s1. The molecule has 2 aromatic rings. The highest BCUT2D eigenvalue weighted by molar-refractivity contribution is 6.30. The number of hydrogen-bond donors (Lipinski definition) is 1. The Morgan fingerprint density at radius 1 is 1.11 bits per heavy atom. The number of halogens is 1. The van der Waals surface area contributed by atoms with Crippen molar-refractivity contribution in [1.29, 1.82) is 0 Å². The molecule has 0 spiro atoms. The monoisotopic (exact) mass is 397 g/mol. The zero-order valence-electron chi connectivity index (χ0n) is 15.8. The SMILES string of the molecule is O=C1Nc2cc(CN3CCN(c4ccc(Cl)cc4)CC3)cnc2N2CCC[C@H]12. The van der Waals surface area contributed by atoms with Crippen LogP contribution in [0.1, 0.15) is 18.4 Å². The lowest BCUT2D eigenvalue weighted by molar-refractivity contribution is -0.117. The molecule has 7 heteroatoms. The Labute approximate surface area is 170 Å². The molecule has 2 fully saturated rings. The minimum atomic E-state index is -0.0354. The number of rotatable bonds is 3. The third-order valence-corrected chi connectivity index (χ3v) is 6.23. The molecular formula is C21H24ClN5O. The maximum absolute atomic E-state index is 12.3. The van der Waals surface area contributed by atoms with Crippen LogP contribution in [0.5, 0.6) is 0 Å². The van der Waals surface area contributed by atoms with Crippen molar-refractivity contribution in [2.45, 2.75) is 25.4 Å². The zero-order chi connectivity index (χ0) is 19.1. The number of carbonyl (C=O) groups excluding carboxylic acids is 1. The van der Waals surface area contributed by atoms with Crippen molar-refractivity contribution < 1.29 is 4.79 Å². The van der Waals surface area contributed by atoms with Crippen LogP contribution >= 0.6 is 11.6 Å². The van der Waals surface area contributed by atoms with Gasteiger partial charge in [-0.05, 0) is 48.7 Å². The van der Waals surface area contributed by atoms with Gasteiger partial charge in [-0.3, -0.25) is 9.69 Å². The zero-order valence-corrected chi connectivity index (χ0v) is 16.5. The van der Waals surface area contributed by atoms with Crippen molar-refractivity contribution in [3.8, 4) is 0 Å². The maximum Gasteiger partial charge on any atom is 0.247 e. The largest absolute Gasteiger partial charge is 0.369 e. The van der Waals surface area contributed by atoms with Crippen LogP contribution in [0.15, 0.2) is 36.5 Å². The molecule has 4 heterocycles. The molecule has 1 aromatic heterocycles. The lowest BCUT2D eigenvalue weighted by Crippen LogP contribution is -2.46. The minimum absolute atomic E-state index is 0.0354. The van der Waals surface area contributed by atoms with Crippen molar-refractivity contribution in [1.82, 2.24) is 9.88 Å². The Morgan fingerprint density at radius 3 is 2.68 bits per heavy atom. The summed E-state index contributed by atoms with van der Waals surface area (Å²) in [5, 5.41) is 3.83. The second-order valence-electron chi connectivity index (χ2n) is 7.80. The minimum Gasteiger partial charge on any atom is -0.369 e. The van der Waals surface area contributed by atoms with E-state index in [4.69, 9.17) is 16.6 Å². The van der Waals surface area contributed by atoms with Crippen LogP contribution in [-0.2, 0) is 11.3 Å². The third-order valence-electron chi connectivity index (χ3n) is 5.98. The van der Waals surface area contributed by atoms with Crippen molar-refractivity contribution in [2.75, 3.05) is 47.8 Å². The van der Waals surface area contributed by atoms with Crippen LogP contribution in [0.25, 0.3) is 0 Å². The first-order valence-electron chi connectivity index (χ1n) is 9.97. The molecule has 6 nitrogen and oxygen atoms in total. The van der Waals surface area contributed by atoms with Gasteiger partial charge in [0.1, 0.15) is 6.04 Å². The highest BCUT2D eigenvalue weighted by atomic mass is 35.5. The summed E-state index contributed by atoms with van der Waals surface area (Å²) in [6.07, 6.45) is 3.95. The molecule has 1 atom stereocenters. The second kappa shape index (κ2) is 7.26. The molecule has 3 aliphatic heterocycles. The Bertz CT molecular complexity index is 879. The second-order valence-corrected chi connectivity index (χ2v) is 8.23. The number of nitrogens with one attached hydrogen (secondary N) is 1. The summed E-state index contributed by atoms with van der Waals surface area (Å²) < 4.78 is 0. The topological polar surface area (TPSA) is 51.7 Å². The number of aromatic nitrogens is 1. The van der Waals surface area contributed by atoms with E-state index >= 15 is 0 Å². The van der Waals surface area contributed by atoms with E-state index < -0.39 is 0 Å². The molecule has 0 saturated carbocycles. The van der Waals surface area contributed by atoms with Crippen LogP contribution in [0, 0.1) is 0 Å². The Balaban J connectivity index is 1.23. The van der Waals surface area contributed by atoms with Gasteiger partial charge >= 0.3 is 0 Å². The maximum atomic E-state index is 12.3. The average molecular weight is 398 g/mol. The van der Waals surface area contributed by atoms with Gasteiger partial charge < -0.3 is 15.1 Å². The first-order valence-corrected chi connectivity index (χ1v) is 10.3. The summed E-state index contributed by atoms with van der Waals surface area (Å²) in [6, 6.07) is 10.1. The molecule has 1 N–H and O–H groups in total. The van der Waals surface area contributed by atoms with E-state index in [2.05, 4.69) is 38.2 Å². The lowest BCUT2D eigenvalue weighted by atomic mass is 10.1. The fraction of sp³-hybridized carbons (Fsp3) is 0.429. The van der Waals surface area contributed by atoms with E-state index in [1.54, 1.807) is 0 Å². The normalized spacial score (nSPS) is 22.0. The molecule has 1 aromatic carbocycles. The van der Waals surface area contributed by atoms with Crippen molar-refractivity contribution in [3.63, 3.8) is 0 Å². The third kappa shape index (κ3) is 3.31. The van der Waals surface area contributed by atoms with Crippen LogP contribution in [0.3, 0.4) is 0 Å². The Kier molecular flexibility index (Phi) is 4.61. The number of benzene rings is 1. The summed E-state index contributed by atoms with van der Waals surface area (Å²) in [5.74, 6) is 1.04. The predicted molar refractivity (Wildman–Crippen MR) is 112 cm³/mol. The summed E-state index contributed by atoms with van der Waals surface area (Å²) in [6.45, 7) is 5.76. The van der Waals surface area contributed by atoms with Crippen molar-refractivity contribution in [3.05, 3.63) is 47.1 Å². The predicted octanol–water partition coefficient (Wildman–Crippen LogP) is 2.98. The average Bonchev–Trinajstić information content (AvgIpc) is 3.20. The lowest BCUT2D eigenvalue weighted by Gasteiger charge is -2.36. The van der Waals surface area contributed by atoms with Gasteiger partial charge in [-0.2, -0.15) is 0 Å². The quantitative estimate of drug-likeness (QED) is 0.862. The highest BCUT2D eigenvalue weighted by Gasteiger charge is 2.37. The first-order chi connectivity index (χ1) is 13.7. The number of nitrogens with zero attached hydrogens (tertiary/aromatic N) is 4. The molecule has 28 heavy (non-hydrogen) atoms. The van der Waals surface area contributed by atoms with Crippen molar-refractivity contribution in [2.24, 2.45) is 0 Å². The fourth-order valence-corrected chi connectivity index (χ4v) is 4.62. The first kappa shape index (κ1) is 17.8. The fourth-order valence-electron chi connectivity index (χ4n) is 4.49. The molecule has 3 aliphatic rings. The van der Waals surface area contributed by atoms with E-state index in [1.807, 2.05) is 18.3 Å². The van der Waals surface area contributed by atoms with Gasteiger partial charge in [0, 0.05) is 56.2 Å². The smallest absolute Gasteiger partial charge is 0.247 e. The van der Waals surface area contributed by atoms with Crippen LogP contribution in [-0.4, -0.2) is 54.6 Å². The molecule has 1 amide bonds. The van der Waals surface area contributed by atoms with Gasteiger partial charge in [0.2, 0.25) is 5.91 Å². The summed E-state index contributed by atoms with van der Waals surface area (Å²) in [7, 11) is 0. The van der Waals surface area contributed by atoms with Crippen LogP contribution in [0.2, 0.25) is 5.02 Å². The van der Waals surface area contributed by atoms with Gasteiger partial charge in [0.15, 0.2) is 5.82 Å². The number of pyridine rings is 1. The van der Waals surface area contributed by atoms with Gasteiger partial charge in [0.25, 0.3) is 0 Å². The number of anilines is 3. The molecule has 5 rings (SSSR count). The van der Waals surface area contributed by atoms with Crippen LogP contribution < -0.4 is 15.1 Å². The Morgan fingerprint density at radius 2 is 1.89 bits per heavy atom. The Hall–Kier alpha value is -2.31. The molecule has 0 aliphatic carbocycles. The van der Waals surface area contributed by atoms with Crippen LogP contribution in [0.4, 0.5) is 17.2 Å². The number of amides is 1. The van der Waals surface area contributed by atoms with Crippen molar-refractivity contribution >= 4 is 34.7 Å². The van der Waals surface area contributed by atoms with Gasteiger partial charge in [-0.1, -0.05) is 11.6 Å². The van der Waals surface area contributed by atoms with E-state index in [0.717, 1.165) is 74.2 Å². The van der Waals surface area contributed by atoms with Gasteiger partial charge in [-0.25, -0.2) is 4.98 Å². The molecule has 2 saturated heterocycles.